The lowest BCUT2D eigenvalue weighted by molar-refractivity contribution is 0.102. The molecule has 0 saturated heterocycles. The van der Waals surface area contributed by atoms with Gasteiger partial charge in [-0.2, -0.15) is 0 Å². The van der Waals surface area contributed by atoms with E-state index in [2.05, 4.69) is 10.6 Å². The molecule has 0 spiro atoms. The van der Waals surface area contributed by atoms with Gasteiger partial charge in [0.25, 0.3) is 11.8 Å². The van der Waals surface area contributed by atoms with Crippen molar-refractivity contribution < 1.29 is 9.59 Å². The number of hydrogen-bond acceptors (Lipinski definition) is 2. The highest BCUT2D eigenvalue weighted by Crippen LogP contribution is 2.26. The zero-order chi connectivity index (χ0) is 20.3. The number of aryl methyl sites for hydroxylation is 1. The highest BCUT2D eigenvalue weighted by atomic mass is 35.5. The van der Waals surface area contributed by atoms with Gasteiger partial charge in [-0.1, -0.05) is 53.0 Å². The molecule has 0 bridgehead atoms. The molecule has 28 heavy (non-hydrogen) atoms. The number of anilines is 2. The van der Waals surface area contributed by atoms with Crippen molar-refractivity contribution in [3.8, 4) is 0 Å². The summed E-state index contributed by atoms with van der Waals surface area (Å²) in [6.45, 7) is 1.89. The van der Waals surface area contributed by atoms with Crippen LogP contribution >= 0.6 is 34.8 Å². The van der Waals surface area contributed by atoms with E-state index in [1.807, 2.05) is 25.1 Å². The van der Waals surface area contributed by atoms with Gasteiger partial charge in [-0.05, 0) is 55.0 Å². The van der Waals surface area contributed by atoms with Crippen molar-refractivity contribution in [3.05, 3.63) is 92.4 Å². The van der Waals surface area contributed by atoms with Gasteiger partial charge in [-0.3, -0.25) is 9.59 Å². The molecule has 0 aliphatic heterocycles. The molecule has 2 amide bonds. The average Bonchev–Trinajstić information content (AvgIpc) is 2.64. The van der Waals surface area contributed by atoms with E-state index in [4.69, 9.17) is 34.8 Å². The predicted octanol–water partition coefficient (Wildman–Crippen LogP) is 6.46. The molecular formula is C21H15Cl3N2O2. The first-order valence-electron chi connectivity index (χ1n) is 8.28. The molecule has 0 fully saturated rings. The second-order valence-electron chi connectivity index (χ2n) is 6.04. The Kier molecular flexibility index (Phi) is 6.25. The number of benzene rings is 3. The van der Waals surface area contributed by atoms with Crippen LogP contribution in [0.2, 0.25) is 15.1 Å². The Balaban J connectivity index is 1.89. The van der Waals surface area contributed by atoms with Crippen LogP contribution in [0.3, 0.4) is 0 Å². The van der Waals surface area contributed by atoms with Gasteiger partial charge in [0.15, 0.2) is 0 Å². The first-order chi connectivity index (χ1) is 13.3. The van der Waals surface area contributed by atoms with Crippen molar-refractivity contribution in [1.82, 2.24) is 0 Å². The molecule has 3 aromatic rings. The van der Waals surface area contributed by atoms with Crippen molar-refractivity contribution >= 4 is 58.0 Å². The molecule has 2 N–H and O–H groups in total. The summed E-state index contributed by atoms with van der Waals surface area (Å²) in [5.41, 5.74) is 2.37. The van der Waals surface area contributed by atoms with Gasteiger partial charge >= 0.3 is 0 Å². The number of rotatable bonds is 4. The topological polar surface area (TPSA) is 58.2 Å². The van der Waals surface area contributed by atoms with Crippen molar-refractivity contribution in [1.29, 1.82) is 0 Å². The number of halogens is 3. The Hall–Kier alpha value is -2.53. The molecule has 0 saturated carbocycles. The maximum Gasteiger partial charge on any atom is 0.257 e. The van der Waals surface area contributed by atoms with E-state index < -0.39 is 11.8 Å². The molecule has 0 aliphatic rings. The number of amides is 2. The number of carbonyl (C=O) groups is 2. The van der Waals surface area contributed by atoms with Crippen LogP contribution in [0.4, 0.5) is 11.4 Å². The van der Waals surface area contributed by atoms with Crippen molar-refractivity contribution in [2.75, 3.05) is 10.6 Å². The van der Waals surface area contributed by atoms with Crippen molar-refractivity contribution in [2.45, 2.75) is 6.92 Å². The zero-order valence-corrected chi connectivity index (χ0v) is 17.0. The Morgan fingerprint density at radius 3 is 2.04 bits per heavy atom. The Morgan fingerprint density at radius 1 is 0.714 bits per heavy atom. The highest BCUT2D eigenvalue weighted by molar-refractivity contribution is 6.37. The lowest BCUT2D eigenvalue weighted by Crippen LogP contribution is -2.19. The molecule has 4 nitrogen and oxygen atoms in total. The van der Waals surface area contributed by atoms with Crippen LogP contribution in [0, 0.1) is 6.92 Å². The Bertz CT molecular complexity index is 1070. The van der Waals surface area contributed by atoms with Crippen LogP contribution in [0.1, 0.15) is 26.3 Å². The van der Waals surface area contributed by atoms with Crippen LogP contribution in [0.15, 0.2) is 60.7 Å². The van der Waals surface area contributed by atoms with Crippen LogP contribution in [0.5, 0.6) is 0 Å². The summed E-state index contributed by atoms with van der Waals surface area (Å²) in [6, 6.07) is 16.6. The van der Waals surface area contributed by atoms with Crippen LogP contribution in [0.25, 0.3) is 0 Å². The van der Waals surface area contributed by atoms with Gasteiger partial charge in [0.2, 0.25) is 0 Å². The fourth-order valence-corrected chi connectivity index (χ4v) is 3.25. The molecule has 142 valence electrons. The van der Waals surface area contributed by atoms with Gasteiger partial charge in [-0.25, -0.2) is 0 Å². The fraction of sp³-hybridized carbons (Fsp3) is 0.0476. The third kappa shape index (κ3) is 4.65. The average molecular weight is 434 g/mol. The summed E-state index contributed by atoms with van der Waals surface area (Å²) in [4.78, 5) is 25.4. The normalized spacial score (nSPS) is 10.4. The van der Waals surface area contributed by atoms with Crippen LogP contribution < -0.4 is 10.6 Å². The smallest absolute Gasteiger partial charge is 0.257 e. The predicted molar refractivity (Wildman–Crippen MR) is 115 cm³/mol. The van der Waals surface area contributed by atoms with E-state index in [9.17, 15) is 9.59 Å². The molecule has 7 heteroatoms. The molecule has 0 aliphatic carbocycles. The Labute approximate surface area is 177 Å². The van der Waals surface area contributed by atoms with Crippen LogP contribution in [-0.2, 0) is 0 Å². The first kappa shape index (κ1) is 20.2. The number of para-hydroxylation sites is 1. The minimum atomic E-state index is -0.464. The number of carbonyl (C=O) groups excluding carboxylic acids is 2. The summed E-state index contributed by atoms with van der Waals surface area (Å²) in [5, 5.41) is 6.55. The van der Waals surface area contributed by atoms with Gasteiger partial charge in [0.05, 0.1) is 21.8 Å². The van der Waals surface area contributed by atoms with E-state index in [1.54, 1.807) is 24.3 Å². The lowest BCUT2D eigenvalue weighted by Gasteiger charge is -2.14. The van der Waals surface area contributed by atoms with Crippen molar-refractivity contribution in [3.63, 3.8) is 0 Å². The zero-order valence-electron chi connectivity index (χ0n) is 14.7. The highest BCUT2D eigenvalue weighted by Gasteiger charge is 2.17. The quantitative estimate of drug-likeness (QED) is 0.496. The summed E-state index contributed by atoms with van der Waals surface area (Å²) >= 11 is 18.0. The third-order valence-corrected chi connectivity index (χ3v) is 4.83. The SMILES string of the molecule is Cc1ccccc1NC(=O)c1cc(Cl)ccc1NC(=O)c1ccc(Cl)cc1Cl. The van der Waals surface area contributed by atoms with Gasteiger partial charge in [-0.15, -0.1) is 0 Å². The minimum absolute atomic E-state index is 0.213. The number of nitrogens with one attached hydrogen (secondary N) is 2. The maximum atomic E-state index is 12.8. The van der Waals surface area contributed by atoms with E-state index in [-0.39, 0.29) is 16.1 Å². The second-order valence-corrected chi connectivity index (χ2v) is 7.32. The summed E-state index contributed by atoms with van der Waals surface area (Å²) in [7, 11) is 0. The monoisotopic (exact) mass is 432 g/mol. The van der Waals surface area contributed by atoms with E-state index in [0.717, 1.165) is 5.56 Å². The molecule has 0 radical (unpaired) electrons. The molecular weight excluding hydrogens is 419 g/mol. The molecule has 0 aromatic heterocycles. The molecule has 3 rings (SSSR count). The van der Waals surface area contributed by atoms with E-state index in [1.165, 1.54) is 18.2 Å². The van der Waals surface area contributed by atoms with Gasteiger partial charge in [0, 0.05) is 15.7 Å². The minimum Gasteiger partial charge on any atom is -0.322 e. The van der Waals surface area contributed by atoms with Crippen LogP contribution in [-0.4, -0.2) is 11.8 Å². The second kappa shape index (κ2) is 8.65. The largest absolute Gasteiger partial charge is 0.322 e. The lowest BCUT2D eigenvalue weighted by atomic mass is 10.1. The van der Waals surface area contributed by atoms with Gasteiger partial charge in [0.1, 0.15) is 0 Å². The molecule has 0 unspecified atom stereocenters. The summed E-state index contributed by atoms with van der Waals surface area (Å²) in [5.74, 6) is -0.858. The van der Waals surface area contributed by atoms with E-state index >= 15 is 0 Å². The molecule has 3 aromatic carbocycles. The van der Waals surface area contributed by atoms with Crippen molar-refractivity contribution in [2.24, 2.45) is 0 Å². The Morgan fingerprint density at radius 2 is 1.32 bits per heavy atom. The van der Waals surface area contributed by atoms with Gasteiger partial charge < -0.3 is 10.6 Å². The van der Waals surface area contributed by atoms with E-state index in [0.29, 0.717) is 21.4 Å². The fourth-order valence-electron chi connectivity index (χ4n) is 2.58. The number of hydrogen-bond donors (Lipinski definition) is 2. The summed E-state index contributed by atoms with van der Waals surface area (Å²) in [6.07, 6.45) is 0. The molecule has 0 heterocycles. The maximum absolute atomic E-state index is 12.8. The third-order valence-electron chi connectivity index (χ3n) is 4.04. The first-order valence-corrected chi connectivity index (χ1v) is 9.41. The standard InChI is InChI=1S/C21H15Cl3N2O2/c1-12-4-2-3-5-18(12)25-21(28)16-10-13(22)7-9-19(16)26-20(27)15-8-6-14(23)11-17(15)24/h2-11H,1H3,(H,25,28)(H,26,27). The summed E-state index contributed by atoms with van der Waals surface area (Å²) < 4.78 is 0. The molecule has 0 atom stereocenters.